The Morgan fingerprint density at radius 3 is 2.37 bits per heavy atom. The topological polar surface area (TPSA) is 70.3 Å². The Hall–Kier alpha value is -1.21. The van der Waals surface area contributed by atoms with Crippen LogP contribution in [0.25, 0.3) is 10.9 Å². The third-order valence-corrected chi connectivity index (χ3v) is 3.31. The van der Waals surface area contributed by atoms with E-state index in [4.69, 9.17) is 11.6 Å². The van der Waals surface area contributed by atoms with Crippen molar-refractivity contribution in [2.24, 2.45) is 7.05 Å². The highest BCUT2D eigenvalue weighted by molar-refractivity contribution is 7.80. The zero-order valence-corrected chi connectivity index (χ0v) is 12.3. The van der Waals surface area contributed by atoms with Crippen molar-refractivity contribution < 1.29 is 21.7 Å². The summed E-state index contributed by atoms with van der Waals surface area (Å²) in [6, 6.07) is 10.1. The zero-order valence-electron chi connectivity index (χ0n) is 10.8. The Balaban J connectivity index is 0.000000258. The largest absolute Gasteiger partial charge is 0.726 e. The molecule has 0 radical (unpaired) electrons. The van der Waals surface area contributed by atoms with Gasteiger partial charge in [0.2, 0.25) is 15.9 Å². The summed E-state index contributed by atoms with van der Waals surface area (Å²) in [5.74, 6) is 0. The molecule has 0 aliphatic rings. The fourth-order valence-corrected chi connectivity index (χ4v) is 1.83. The molecular formula is C12H14ClNO4S. The van der Waals surface area contributed by atoms with Crippen LogP contribution in [-0.4, -0.2) is 20.1 Å². The normalized spacial score (nSPS) is 11.0. The molecule has 0 unspecified atom stereocenters. The van der Waals surface area contributed by atoms with Crippen LogP contribution in [0.4, 0.5) is 0 Å². The van der Waals surface area contributed by atoms with E-state index < -0.39 is 10.4 Å². The van der Waals surface area contributed by atoms with Crippen molar-refractivity contribution in [1.29, 1.82) is 0 Å². The minimum Gasteiger partial charge on any atom is -0.726 e. The summed E-state index contributed by atoms with van der Waals surface area (Å²) in [4.78, 5) is 0. The Labute approximate surface area is 117 Å². The Bertz CT molecular complexity index is 685. The van der Waals surface area contributed by atoms with Crippen molar-refractivity contribution in [2.75, 3.05) is 7.11 Å². The second-order valence-corrected chi connectivity index (χ2v) is 5.34. The summed E-state index contributed by atoms with van der Waals surface area (Å²) in [5, 5.41) is 1.93. The van der Waals surface area contributed by atoms with Gasteiger partial charge in [-0.1, -0.05) is 23.7 Å². The van der Waals surface area contributed by atoms with Gasteiger partial charge in [-0.25, -0.2) is 8.42 Å². The molecule has 0 fully saturated rings. The maximum atomic E-state index is 9.22. The molecule has 0 saturated heterocycles. The van der Waals surface area contributed by atoms with Gasteiger partial charge < -0.3 is 4.55 Å². The van der Waals surface area contributed by atoms with Gasteiger partial charge in [0.05, 0.1) is 17.5 Å². The number of nitrogens with zero attached hydrogens (tertiary/aromatic N) is 1. The summed E-state index contributed by atoms with van der Waals surface area (Å²) in [5.41, 5.74) is 2.34. The van der Waals surface area contributed by atoms with E-state index in [2.05, 4.69) is 21.7 Å². The molecule has 0 amide bonds. The van der Waals surface area contributed by atoms with Crippen molar-refractivity contribution in [3.05, 3.63) is 41.0 Å². The van der Waals surface area contributed by atoms with E-state index >= 15 is 0 Å². The maximum absolute atomic E-state index is 9.22. The summed E-state index contributed by atoms with van der Waals surface area (Å²) >= 11 is 6.12. The molecule has 0 aliphatic heterocycles. The summed E-state index contributed by atoms with van der Waals surface area (Å²) in [6.45, 7) is 2.05. The number of para-hydroxylation sites is 1. The van der Waals surface area contributed by atoms with E-state index in [0.717, 1.165) is 17.5 Å². The van der Waals surface area contributed by atoms with E-state index in [1.54, 1.807) is 0 Å². The number of rotatable bonds is 1. The van der Waals surface area contributed by atoms with E-state index in [1.807, 2.05) is 31.3 Å². The first-order valence-corrected chi connectivity index (χ1v) is 7.02. The fourth-order valence-electron chi connectivity index (χ4n) is 1.52. The van der Waals surface area contributed by atoms with Gasteiger partial charge in [-0.2, -0.15) is 4.57 Å². The Morgan fingerprint density at radius 2 is 1.84 bits per heavy atom. The van der Waals surface area contributed by atoms with Crippen LogP contribution in [0.2, 0.25) is 5.02 Å². The standard InChI is InChI=1S/C11H11ClN.CH4O4S/c1-8-7-10(12)9-5-3-4-6-11(9)13(8)2;1-5-6(2,3)4/h3-7H,1-2H3;1H3,(H,2,3,4)/q+1;/p-1. The lowest BCUT2D eigenvalue weighted by atomic mass is 10.2. The molecular weight excluding hydrogens is 290 g/mol. The first-order chi connectivity index (χ1) is 8.76. The number of benzene rings is 1. The Morgan fingerprint density at radius 1 is 1.32 bits per heavy atom. The van der Waals surface area contributed by atoms with Crippen LogP contribution in [0, 0.1) is 6.92 Å². The average Bonchev–Trinajstić information content (AvgIpc) is 2.36. The van der Waals surface area contributed by atoms with Gasteiger partial charge in [-0.15, -0.1) is 0 Å². The molecule has 1 aromatic carbocycles. The lowest BCUT2D eigenvalue weighted by Gasteiger charge is -2.00. The highest BCUT2D eigenvalue weighted by Gasteiger charge is 2.10. The van der Waals surface area contributed by atoms with Crippen molar-refractivity contribution >= 4 is 32.9 Å². The zero-order chi connectivity index (χ0) is 14.6. The quantitative estimate of drug-likeness (QED) is 0.457. The lowest BCUT2D eigenvalue weighted by Crippen LogP contribution is -2.32. The monoisotopic (exact) mass is 303 g/mol. The van der Waals surface area contributed by atoms with Crippen LogP contribution in [0.3, 0.4) is 0 Å². The van der Waals surface area contributed by atoms with E-state index in [9.17, 15) is 13.0 Å². The first kappa shape index (κ1) is 15.8. The van der Waals surface area contributed by atoms with Gasteiger partial charge >= 0.3 is 0 Å². The molecule has 0 atom stereocenters. The van der Waals surface area contributed by atoms with Crippen LogP contribution >= 0.6 is 11.6 Å². The van der Waals surface area contributed by atoms with Gasteiger partial charge in [-0.05, 0) is 6.07 Å². The molecule has 0 N–H and O–H groups in total. The summed E-state index contributed by atoms with van der Waals surface area (Å²) < 4.78 is 33.2. The van der Waals surface area contributed by atoms with Gasteiger partial charge in [-0.3, -0.25) is 4.18 Å². The third kappa shape index (κ3) is 4.43. The van der Waals surface area contributed by atoms with Crippen LogP contribution in [0.1, 0.15) is 5.69 Å². The summed E-state index contributed by atoms with van der Waals surface area (Å²) in [7, 11) is -1.55. The van der Waals surface area contributed by atoms with Crippen molar-refractivity contribution in [2.45, 2.75) is 6.92 Å². The smallest absolute Gasteiger partial charge is 0.217 e. The molecule has 1 heterocycles. The van der Waals surface area contributed by atoms with Crippen LogP contribution in [0.5, 0.6) is 0 Å². The predicted molar refractivity (Wildman–Crippen MR) is 71.6 cm³/mol. The molecule has 0 bridgehead atoms. The lowest BCUT2D eigenvalue weighted by molar-refractivity contribution is -0.651. The summed E-state index contributed by atoms with van der Waals surface area (Å²) in [6.07, 6.45) is 0. The number of aryl methyl sites for hydroxylation is 2. The third-order valence-electron chi connectivity index (χ3n) is 2.59. The van der Waals surface area contributed by atoms with E-state index in [1.165, 1.54) is 11.2 Å². The fraction of sp³-hybridized carbons (Fsp3) is 0.250. The average molecular weight is 304 g/mol. The van der Waals surface area contributed by atoms with Gasteiger partial charge in [0, 0.05) is 19.1 Å². The number of pyridine rings is 1. The van der Waals surface area contributed by atoms with Crippen LogP contribution in [-0.2, 0) is 21.6 Å². The number of halogens is 1. The molecule has 2 rings (SSSR count). The van der Waals surface area contributed by atoms with Gasteiger partial charge in [0.15, 0.2) is 5.69 Å². The minimum atomic E-state index is -4.41. The van der Waals surface area contributed by atoms with Crippen LogP contribution in [0.15, 0.2) is 30.3 Å². The highest BCUT2D eigenvalue weighted by Crippen LogP contribution is 2.20. The molecule has 5 nitrogen and oxygen atoms in total. The molecule has 2 aromatic rings. The van der Waals surface area contributed by atoms with Crippen molar-refractivity contribution in [3.63, 3.8) is 0 Å². The number of fused-ring (bicyclic) bond motifs is 1. The molecule has 7 heteroatoms. The Kier molecular flexibility index (Phi) is 5.25. The number of hydrogen-bond donors (Lipinski definition) is 0. The molecule has 104 valence electrons. The minimum absolute atomic E-state index is 0.808. The van der Waals surface area contributed by atoms with Crippen molar-refractivity contribution in [3.8, 4) is 0 Å². The van der Waals surface area contributed by atoms with E-state index in [0.29, 0.717) is 0 Å². The van der Waals surface area contributed by atoms with Gasteiger partial charge in [0.1, 0.15) is 7.05 Å². The number of hydrogen-bond acceptors (Lipinski definition) is 4. The SMILES string of the molecule is COS(=O)(=O)[O-].Cc1cc(Cl)c2ccccc2[n+]1C. The second kappa shape index (κ2) is 6.29. The number of aromatic nitrogens is 1. The first-order valence-electron chi connectivity index (χ1n) is 5.31. The van der Waals surface area contributed by atoms with Crippen molar-refractivity contribution in [1.82, 2.24) is 0 Å². The predicted octanol–water partition coefficient (Wildman–Crippen LogP) is 1.72. The van der Waals surface area contributed by atoms with Crippen LogP contribution < -0.4 is 4.57 Å². The van der Waals surface area contributed by atoms with E-state index in [-0.39, 0.29) is 0 Å². The maximum Gasteiger partial charge on any atom is 0.217 e. The highest BCUT2D eigenvalue weighted by atomic mass is 35.5. The second-order valence-electron chi connectivity index (χ2n) is 3.78. The van der Waals surface area contributed by atoms with Gasteiger partial charge in [0.25, 0.3) is 0 Å². The molecule has 19 heavy (non-hydrogen) atoms. The molecule has 1 aromatic heterocycles. The molecule has 0 saturated carbocycles. The molecule has 0 aliphatic carbocycles. The molecule has 0 spiro atoms.